The summed E-state index contributed by atoms with van der Waals surface area (Å²) in [5, 5.41) is 11.6. The summed E-state index contributed by atoms with van der Waals surface area (Å²) >= 11 is 0. The van der Waals surface area contributed by atoms with Crippen LogP contribution in [-0.2, 0) is 0 Å². The third kappa shape index (κ3) is 5.30. The number of benzene rings is 9. The van der Waals surface area contributed by atoms with E-state index < -0.39 is 0 Å². The lowest BCUT2D eigenvalue weighted by atomic mass is 10.1. The Morgan fingerprint density at radius 3 is 0.803 bits per heavy atom. The largest absolute Gasteiger partial charge is 0.294 e. The predicted octanol–water partition coefficient (Wildman–Crippen LogP) is 15.4. The van der Waals surface area contributed by atoms with Crippen LogP contribution in [0.5, 0.6) is 0 Å². The topological polar surface area (TPSA) is 63.3 Å². The molecule has 8 heteroatoms. The molecule has 71 heavy (non-hydrogen) atoms. The van der Waals surface area contributed by atoms with Gasteiger partial charge in [0.05, 0.1) is 55.2 Å². The van der Waals surface area contributed by atoms with Crippen LogP contribution in [0.4, 0.5) is 0 Å². The fraction of sp³-hybridized carbons (Fsp3) is 0. The molecule has 0 spiro atoms. The van der Waals surface area contributed by atoms with Crippen LogP contribution in [-0.4, -0.2) is 37.8 Å². The lowest BCUT2D eigenvalue weighted by molar-refractivity contribution is 0.918. The van der Waals surface area contributed by atoms with E-state index in [9.17, 15) is 0 Å². The normalized spacial score (nSPS) is 12.2. The van der Waals surface area contributed by atoms with E-state index in [-0.39, 0.29) is 0 Å². The Morgan fingerprint density at radius 1 is 0.183 bits per heavy atom. The van der Waals surface area contributed by atoms with Gasteiger partial charge in [-0.1, -0.05) is 152 Å². The Morgan fingerprint density at radius 2 is 0.451 bits per heavy atom. The molecular formula is C63H38N8. The van der Waals surface area contributed by atoms with Crippen molar-refractivity contribution in [2.45, 2.75) is 0 Å². The van der Waals surface area contributed by atoms with Gasteiger partial charge in [-0.05, 0) is 72.8 Å². The average molecular weight is 907 g/mol. The standard InChI is InChI=1S/C63H38N8/c1-9-26-49-39(18-1)40-19-2-10-27-50(40)67(49)59-34-17-35-60(64-59)70-55-32-15-7-24-45(55)47-36-48-46-25-8-16-33-56(46)71(58(48)37-57(47)70)63-65-61(68-51-28-11-3-20-41(51)42-21-4-12-29-52(42)68)38-62(66-63)69-53-30-13-5-22-43(53)44-23-6-14-31-54(44)69/h1-38H. The molecule has 0 fully saturated rings. The lowest BCUT2D eigenvalue weighted by Crippen LogP contribution is -2.10. The molecule has 0 saturated heterocycles. The number of hydrogen-bond donors (Lipinski definition) is 0. The molecule has 0 radical (unpaired) electrons. The zero-order valence-corrected chi connectivity index (χ0v) is 38.0. The van der Waals surface area contributed by atoms with E-state index in [4.69, 9.17) is 15.0 Å². The van der Waals surface area contributed by atoms with E-state index in [0.29, 0.717) is 5.95 Å². The quantitative estimate of drug-likeness (QED) is 0.173. The highest BCUT2D eigenvalue weighted by atomic mass is 15.2. The Labute approximate surface area is 404 Å². The van der Waals surface area contributed by atoms with Gasteiger partial charge in [0.1, 0.15) is 23.3 Å². The smallest absolute Gasteiger partial charge is 0.238 e. The third-order valence-corrected chi connectivity index (χ3v) is 14.7. The molecule has 330 valence electrons. The summed E-state index contributed by atoms with van der Waals surface area (Å²) in [6.45, 7) is 0. The highest BCUT2D eigenvalue weighted by molar-refractivity contribution is 6.19. The van der Waals surface area contributed by atoms with Crippen LogP contribution in [0.25, 0.3) is 138 Å². The van der Waals surface area contributed by atoms with E-state index in [2.05, 4.69) is 253 Å². The van der Waals surface area contributed by atoms with Gasteiger partial charge in [-0.2, -0.15) is 9.97 Å². The minimum absolute atomic E-state index is 0.570. The predicted molar refractivity (Wildman–Crippen MR) is 292 cm³/mol. The highest BCUT2D eigenvalue weighted by Crippen LogP contribution is 2.41. The summed E-state index contributed by atoms with van der Waals surface area (Å²) in [4.78, 5) is 16.9. The van der Waals surface area contributed by atoms with Crippen molar-refractivity contribution < 1.29 is 0 Å². The number of pyridine rings is 1. The SMILES string of the molecule is c1cc(-n2c3ccccc3c3ccccc32)nc(-n2c3ccccc3c3cc4c5ccccc5n(-c5nc(-n6c7ccccc7c7ccccc76)cc(-n6c7ccccc7c7ccccc76)n5)c4cc32)c1. The van der Waals surface area contributed by atoms with Crippen molar-refractivity contribution >= 4 is 109 Å². The fourth-order valence-corrected chi connectivity index (χ4v) is 11.8. The first-order valence-corrected chi connectivity index (χ1v) is 24.0. The molecule has 0 aliphatic heterocycles. The van der Waals surface area contributed by atoms with E-state index in [1.54, 1.807) is 0 Å². The maximum atomic E-state index is 5.66. The second-order valence-electron chi connectivity index (χ2n) is 18.4. The van der Waals surface area contributed by atoms with Crippen molar-refractivity contribution in [3.05, 3.63) is 231 Å². The second kappa shape index (κ2) is 14.4. The fourth-order valence-electron chi connectivity index (χ4n) is 11.8. The minimum Gasteiger partial charge on any atom is -0.294 e. The van der Waals surface area contributed by atoms with Crippen molar-refractivity contribution in [1.29, 1.82) is 0 Å². The molecule has 8 nitrogen and oxygen atoms in total. The summed E-state index contributed by atoms with van der Waals surface area (Å²) in [6, 6.07) is 82.2. The molecule has 0 saturated carbocycles. The van der Waals surface area contributed by atoms with Crippen LogP contribution in [0.15, 0.2) is 231 Å². The number of para-hydroxylation sites is 8. The van der Waals surface area contributed by atoms with Crippen LogP contribution < -0.4 is 0 Å². The molecule has 16 aromatic rings. The zero-order valence-electron chi connectivity index (χ0n) is 38.0. The molecule has 0 aliphatic carbocycles. The van der Waals surface area contributed by atoms with Gasteiger partial charge in [0.15, 0.2) is 0 Å². The molecule has 0 amide bonds. The van der Waals surface area contributed by atoms with Crippen molar-refractivity contribution in [3.63, 3.8) is 0 Å². The van der Waals surface area contributed by atoms with Crippen molar-refractivity contribution in [3.8, 4) is 29.2 Å². The van der Waals surface area contributed by atoms with Crippen LogP contribution in [0.1, 0.15) is 0 Å². The molecule has 16 rings (SSSR count). The Balaban J connectivity index is 1.00. The average Bonchev–Trinajstić information content (AvgIpc) is 4.22. The number of fused-ring (bicyclic) bond motifs is 15. The molecule has 0 unspecified atom stereocenters. The molecule has 0 bridgehead atoms. The van der Waals surface area contributed by atoms with Gasteiger partial charge in [-0.15, -0.1) is 0 Å². The van der Waals surface area contributed by atoms with Crippen molar-refractivity contribution in [2.24, 2.45) is 0 Å². The first-order valence-electron chi connectivity index (χ1n) is 24.0. The van der Waals surface area contributed by atoms with Crippen molar-refractivity contribution in [2.75, 3.05) is 0 Å². The number of nitrogens with zero attached hydrogens (tertiary/aromatic N) is 8. The third-order valence-electron chi connectivity index (χ3n) is 14.7. The monoisotopic (exact) mass is 906 g/mol. The Bertz CT molecular complexity index is 4610. The maximum absolute atomic E-state index is 5.66. The van der Waals surface area contributed by atoms with Gasteiger partial charge >= 0.3 is 0 Å². The first kappa shape index (κ1) is 38.2. The molecule has 7 heterocycles. The Hall–Kier alpha value is -9.79. The highest BCUT2D eigenvalue weighted by Gasteiger charge is 2.24. The summed E-state index contributed by atoms with van der Waals surface area (Å²) in [5.74, 6) is 3.80. The first-order chi connectivity index (χ1) is 35.2. The second-order valence-corrected chi connectivity index (χ2v) is 18.4. The van der Waals surface area contributed by atoms with Gasteiger partial charge < -0.3 is 0 Å². The van der Waals surface area contributed by atoms with E-state index in [1.807, 2.05) is 0 Å². The van der Waals surface area contributed by atoms with Crippen molar-refractivity contribution in [1.82, 2.24) is 37.8 Å². The summed E-state index contributed by atoms with van der Waals surface area (Å²) in [6.07, 6.45) is 0. The van der Waals surface area contributed by atoms with Crippen LogP contribution in [0, 0.1) is 0 Å². The number of rotatable bonds is 5. The summed E-state index contributed by atoms with van der Waals surface area (Å²) in [7, 11) is 0. The van der Waals surface area contributed by atoms with Crippen LogP contribution in [0.3, 0.4) is 0 Å². The molecule has 0 atom stereocenters. The number of aromatic nitrogens is 8. The number of hydrogen-bond acceptors (Lipinski definition) is 3. The van der Waals surface area contributed by atoms with Gasteiger partial charge in [-0.3, -0.25) is 22.8 Å². The summed E-state index contributed by atoms with van der Waals surface area (Å²) < 4.78 is 11.5. The van der Waals surface area contributed by atoms with Gasteiger partial charge in [0, 0.05) is 59.9 Å². The minimum atomic E-state index is 0.570. The van der Waals surface area contributed by atoms with Gasteiger partial charge in [0.25, 0.3) is 0 Å². The lowest BCUT2D eigenvalue weighted by Gasteiger charge is -2.15. The molecule has 0 aliphatic rings. The van der Waals surface area contributed by atoms with Gasteiger partial charge in [-0.25, -0.2) is 4.98 Å². The zero-order chi connectivity index (χ0) is 46.3. The maximum Gasteiger partial charge on any atom is 0.238 e. The molecule has 9 aromatic carbocycles. The molecular weight excluding hydrogens is 869 g/mol. The Kier molecular flexibility index (Phi) is 7.73. The summed E-state index contributed by atoms with van der Waals surface area (Å²) in [5.41, 5.74) is 10.7. The van der Waals surface area contributed by atoms with Crippen LogP contribution >= 0.6 is 0 Å². The molecule has 0 N–H and O–H groups in total. The van der Waals surface area contributed by atoms with Gasteiger partial charge in [0.2, 0.25) is 5.95 Å². The van der Waals surface area contributed by atoms with E-state index in [1.165, 1.54) is 32.3 Å². The molecule has 7 aromatic heterocycles. The van der Waals surface area contributed by atoms with Crippen LogP contribution in [0.2, 0.25) is 0 Å². The van der Waals surface area contributed by atoms with E-state index >= 15 is 0 Å². The van der Waals surface area contributed by atoms with E-state index in [0.717, 1.165) is 100.0 Å².